The van der Waals surface area contributed by atoms with Crippen molar-refractivity contribution in [1.82, 2.24) is 29.7 Å². The lowest BCUT2D eigenvalue weighted by Crippen LogP contribution is -2.50. The van der Waals surface area contributed by atoms with Crippen molar-refractivity contribution in [3.8, 4) is 0 Å². The molecule has 2 atom stereocenters. The van der Waals surface area contributed by atoms with E-state index in [2.05, 4.69) is 43.6 Å². The summed E-state index contributed by atoms with van der Waals surface area (Å²) in [5.41, 5.74) is 3.71. The molecule has 2 amide bonds. The van der Waals surface area contributed by atoms with Gasteiger partial charge in [-0.15, -0.1) is 0 Å². The van der Waals surface area contributed by atoms with Crippen LogP contribution in [-0.4, -0.2) is 87.5 Å². The number of carbonyl (C=O) groups is 3. The van der Waals surface area contributed by atoms with Crippen LogP contribution in [0.2, 0.25) is 0 Å². The van der Waals surface area contributed by atoms with Crippen LogP contribution < -0.4 is 21.1 Å². The van der Waals surface area contributed by atoms with E-state index < -0.39 is 5.41 Å². The summed E-state index contributed by atoms with van der Waals surface area (Å²) in [6.07, 6.45) is 10.6. The van der Waals surface area contributed by atoms with Gasteiger partial charge in [-0.05, 0) is 107 Å². The zero-order chi connectivity index (χ0) is 38.3. The van der Waals surface area contributed by atoms with Gasteiger partial charge in [0.15, 0.2) is 5.78 Å². The number of nitrogens with one attached hydrogen (secondary N) is 2. The minimum absolute atomic E-state index is 0.0205. The molecule has 3 saturated heterocycles. The molecule has 4 aromatic rings. The largest absolute Gasteiger partial charge is 0.373 e. The van der Waals surface area contributed by atoms with E-state index in [-0.39, 0.29) is 40.9 Å². The summed E-state index contributed by atoms with van der Waals surface area (Å²) in [6.45, 7) is 10.3. The highest BCUT2D eigenvalue weighted by atomic mass is 16.5. The molecule has 13 nitrogen and oxygen atoms in total. The molecule has 0 unspecified atom stereocenters. The van der Waals surface area contributed by atoms with E-state index in [1.165, 1.54) is 12.5 Å². The number of likely N-dealkylation sites (tertiary alicyclic amines) is 1. The molecule has 0 bridgehead atoms. The molecule has 288 valence electrons. The molecule has 55 heavy (non-hydrogen) atoms. The van der Waals surface area contributed by atoms with Crippen LogP contribution >= 0.6 is 0 Å². The highest BCUT2D eigenvalue weighted by molar-refractivity contribution is 6.03. The molecule has 1 saturated carbocycles. The van der Waals surface area contributed by atoms with Gasteiger partial charge in [0.1, 0.15) is 11.5 Å². The Kier molecular flexibility index (Phi) is 10.2. The van der Waals surface area contributed by atoms with Crippen LogP contribution in [0, 0.1) is 6.92 Å². The van der Waals surface area contributed by atoms with Crippen molar-refractivity contribution in [3.63, 3.8) is 0 Å². The fourth-order valence-corrected chi connectivity index (χ4v) is 9.06. The molecule has 3 aliphatic heterocycles. The fourth-order valence-electron chi connectivity index (χ4n) is 9.06. The first kappa shape index (κ1) is 36.9. The number of Topliss-reactive ketones (excluding diaryl/α,β-unsaturated/α-hetero) is 1. The SMILES string of the molecule is CC(=O)c1c(C)c2cnc(Nc3ccc(C4CCN(C[C@@H]5CN(c6ccc([C@]7(C)CCC(=O)NC7=O)cc6)CCO5)CC4)cn3)nc2n(C2CCCC2)c1=O. The lowest BCUT2D eigenvalue weighted by atomic mass is 9.75. The van der Waals surface area contributed by atoms with E-state index in [1.807, 2.05) is 31.3 Å². The van der Waals surface area contributed by atoms with Crippen LogP contribution in [0.15, 0.2) is 53.6 Å². The number of anilines is 3. The van der Waals surface area contributed by atoms with E-state index in [1.54, 1.807) is 17.7 Å². The van der Waals surface area contributed by atoms with Crippen LogP contribution in [0.1, 0.15) is 104 Å². The van der Waals surface area contributed by atoms with Crippen molar-refractivity contribution in [2.45, 2.75) is 95.6 Å². The van der Waals surface area contributed by atoms with Gasteiger partial charge in [-0.2, -0.15) is 4.98 Å². The number of piperidine rings is 2. The number of hydrogen-bond acceptors (Lipinski definition) is 11. The van der Waals surface area contributed by atoms with Gasteiger partial charge >= 0.3 is 0 Å². The number of pyridine rings is 2. The Morgan fingerprint density at radius 3 is 2.44 bits per heavy atom. The number of ether oxygens (including phenoxy) is 1. The van der Waals surface area contributed by atoms with Gasteiger partial charge in [0, 0.05) is 55.6 Å². The molecule has 1 aliphatic carbocycles. The number of fused-ring (bicyclic) bond motifs is 1. The van der Waals surface area contributed by atoms with Gasteiger partial charge in [-0.3, -0.25) is 29.1 Å². The monoisotopic (exact) mass is 746 g/mol. The average Bonchev–Trinajstić information content (AvgIpc) is 3.72. The smallest absolute Gasteiger partial charge is 0.263 e. The number of amides is 2. The van der Waals surface area contributed by atoms with Crippen LogP contribution in [-0.2, 0) is 19.7 Å². The lowest BCUT2D eigenvalue weighted by Gasteiger charge is -2.39. The quantitative estimate of drug-likeness (QED) is 0.169. The van der Waals surface area contributed by atoms with Crippen molar-refractivity contribution in [1.29, 1.82) is 0 Å². The molecule has 6 heterocycles. The number of rotatable bonds is 9. The summed E-state index contributed by atoms with van der Waals surface area (Å²) in [5.74, 6) is 0.757. The second-order valence-electron chi connectivity index (χ2n) is 16.0. The molecule has 0 spiro atoms. The molecule has 13 heteroatoms. The minimum atomic E-state index is -0.694. The molecule has 1 aromatic carbocycles. The van der Waals surface area contributed by atoms with Crippen molar-refractivity contribution < 1.29 is 19.1 Å². The summed E-state index contributed by atoms with van der Waals surface area (Å²) in [6, 6.07) is 12.3. The predicted octanol–water partition coefficient (Wildman–Crippen LogP) is 5.34. The van der Waals surface area contributed by atoms with Crippen molar-refractivity contribution in [2.24, 2.45) is 0 Å². The van der Waals surface area contributed by atoms with Crippen LogP contribution in [0.3, 0.4) is 0 Å². The zero-order valence-electron chi connectivity index (χ0n) is 32.0. The van der Waals surface area contributed by atoms with Gasteiger partial charge in [0.25, 0.3) is 5.56 Å². The molecular formula is C42H50N8O5. The maximum absolute atomic E-state index is 13.6. The third-order valence-electron chi connectivity index (χ3n) is 12.4. The van der Waals surface area contributed by atoms with Crippen molar-refractivity contribution >= 4 is 46.1 Å². The van der Waals surface area contributed by atoms with E-state index in [4.69, 9.17) is 14.7 Å². The topological polar surface area (TPSA) is 152 Å². The van der Waals surface area contributed by atoms with E-state index in [0.29, 0.717) is 48.3 Å². The number of aryl methyl sites for hydroxylation is 1. The van der Waals surface area contributed by atoms with Crippen LogP contribution in [0.5, 0.6) is 0 Å². The highest BCUT2D eigenvalue weighted by Crippen LogP contribution is 2.35. The summed E-state index contributed by atoms with van der Waals surface area (Å²) in [5, 5.41) is 6.46. The van der Waals surface area contributed by atoms with Gasteiger partial charge in [-0.1, -0.05) is 31.0 Å². The highest BCUT2D eigenvalue weighted by Gasteiger charge is 2.40. The first-order chi connectivity index (χ1) is 26.6. The van der Waals surface area contributed by atoms with Gasteiger partial charge in [0.05, 0.1) is 23.7 Å². The molecule has 3 aromatic heterocycles. The van der Waals surface area contributed by atoms with Crippen molar-refractivity contribution in [2.75, 3.05) is 49.5 Å². The second kappa shape index (κ2) is 15.3. The molecule has 2 N–H and O–H groups in total. The molecule has 4 fully saturated rings. The summed E-state index contributed by atoms with van der Waals surface area (Å²) in [7, 11) is 0. The zero-order valence-corrected chi connectivity index (χ0v) is 32.0. The van der Waals surface area contributed by atoms with E-state index in [9.17, 15) is 19.2 Å². The van der Waals surface area contributed by atoms with Crippen LogP contribution in [0.25, 0.3) is 11.0 Å². The van der Waals surface area contributed by atoms with Gasteiger partial charge in [-0.25, -0.2) is 9.97 Å². The number of aromatic nitrogens is 4. The Labute approximate surface area is 320 Å². The predicted molar refractivity (Wildman–Crippen MR) is 210 cm³/mol. The first-order valence-electron chi connectivity index (χ1n) is 19.8. The number of carbonyl (C=O) groups excluding carboxylic acids is 3. The summed E-state index contributed by atoms with van der Waals surface area (Å²) >= 11 is 0. The number of ketones is 1. The maximum Gasteiger partial charge on any atom is 0.263 e. The van der Waals surface area contributed by atoms with Crippen LogP contribution in [0.4, 0.5) is 17.5 Å². The first-order valence-corrected chi connectivity index (χ1v) is 19.8. The Morgan fingerprint density at radius 1 is 0.982 bits per heavy atom. The average molecular weight is 747 g/mol. The third-order valence-corrected chi connectivity index (χ3v) is 12.4. The minimum Gasteiger partial charge on any atom is -0.373 e. The molecule has 4 aliphatic rings. The van der Waals surface area contributed by atoms with Crippen molar-refractivity contribution in [3.05, 3.63) is 81.4 Å². The Balaban J connectivity index is 0.863. The normalized spacial score (nSPS) is 23.0. The van der Waals surface area contributed by atoms with Gasteiger partial charge < -0.3 is 19.9 Å². The second-order valence-corrected chi connectivity index (χ2v) is 16.0. The fraction of sp³-hybridized carbons (Fsp3) is 0.500. The number of morpholine rings is 1. The number of hydrogen-bond donors (Lipinski definition) is 2. The molecule has 8 rings (SSSR count). The number of imide groups is 1. The van der Waals surface area contributed by atoms with E-state index in [0.717, 1.165) is 87.9 Å². The summed E-state index contributed by atoms with van der Waals surface area (Å²) in [4.78, 5) is 69.3. The standard InChI is InChI=1S/C42H50N8O5/c1-26-34-23-44-41(47-38(34)50(32-6-4-5-7-32)39(53)37(26)27(2)51)45-35-13-8-29(22-43-35)28-15-18-48(19-16-28)24-33-25-49(20-21-55-33)31-11-9-30(10-12-31)42(3)17-14-36(52)46-40(42)54/h8-13,22-23,28,32-33H,4-7,14-21,24-25H2,1-3H3,(H,46,52,54)(H,43,44,45,47)/t33-,42+/m1/s1. The maximum atomic E-state index is 13.6. The number of benzene rings is 1. The lowest BCUT2D eigenvalue weighted by molar-refractivity contribution is -0.137. The molecular weight excluding hydrogens is 697 g/mol. The Bertz CT molecular complexity index is 2160. The Morgan fingerprint density at radius 2 is 1.75 bits per heavy atom. The third kappa shape index (κ3) is 7.39. The van der Waals surface area contributed by atoms with Gasteiger partial charge in [0.2, 0.25) is 17.8 Å². The number of nitrogens with zero attached hydrogens (tertiary/aromatic N) is 6. The van der Waals surface area contributed by atoms with E-state index >= 15 is 0 Å². The molecule has 0 radical (unpaired) electrons. The Hall–Kier alpha value is -5.01. The summed E-state index contributed by atoms with van der Waals surface area (Å²) < 4.78 is 7.95.